The lowest BCUT2D eigenvalue weighted by molar-refractivity contribution is -0.744. The second-order valence-corrected chi connectivity index (χ2v) is 9.10. The number of nitrogen functional groups attached to an aromatic ring is 1. The quantitative estimate of drug-likeness (QED) is 0.183. The van der Waals surface area contributed by atoms with Crippen molar-refractivity contribution in [3.05, 3.63) is 18.1 Å². The molecule has 1 saturated heterocycles. The Labute approximate surface area is 181 Å². The van der Waals surface area contributed by atoms with Gasteiger partial charge in [0.15, 0.2) is 12.3 Å². The van der Waals surface area contributed by atoms with Gasteiger partial charge in [0.25, 0.3) is 0 Å². The minimum atomic E-state index is -4.84. The minimum absolute atomic E-state index is 0.0400. The lowest BCUT2D eigenvalue weighted by Crippen LogP contribution is -2.44. The molecule has 1 fully saturated rings. The van der Waals surface area contributed by atoms with Gasteiger partial charge in [-0.25, -0.2) is 14.5 Å². The summed E-state index contributed by atoms with van der Waals surface area (Å²) in [4.78, 5) is 37.2. The molecule has 1 aliphatic heterocycles. The molecule has 15 heteroatoms. The molecule has 3 heterocycles. The number of nitrogens with two attached hydrogens (primary N) is 1. The van der Waals surface area contributed by atoms with Crippen LogP contribution in [-0.4, -0.2) is 88.7 Å². The largest absolute Gasteiger partial charge is 0.526 e. The van der Waals surface area contributed by atoms with Crippen LogP contribution in [0.4, 0.5) is 10.6 Å². The highest BCUT2D eigenvalue weighted by Crippen LogP contribution is 2.43. The van der Waals surface area contributed by atoms with Gasteiger partial charge in [-0.1, -0.05) is 0 Å². The first-order valence-electron chi connectivity index (χ1n) is 9.13. The Morgan fingerprint density at radius 3 is 2.69 bits per heavy atom. The number of hydrogen-bond donors (Lipinski definition) is 6. The Morgan fingerprint density at radius 2 is 2.09 bits per heavy atom. The van der Waals surface area contributed by atoms with Crippen LogP contribution in [0.5, 0.6) is 0 Å². The van der Waals surface area contributed by atoms with Crippen LogP contribution in [0, 0.1) is 12.0 Å². The lowest BCUT2D eigenvalue weighted by atomic mass is 9.96. The number of anilines is 1. The zero-order valence-electron chi connectivity index (χ0n) is 17.3. The van der Waals surface area contributed by atoms with Crippen LogP contribution in [0.2, 0.25) is 0 Å². The molecule has 14 nitrogen and oxygen atoms in total. The summed E-state index contributed by atoms with van der Waals surface area (Å²) in [7, 11) is -2.11. The number of phosphoric ester groups is 1. The average Bonchev–Trinajstić information content (AvgIpc) is 3.14. The number of aliphatic hydroxyl groups is 2. The van der Waals surface area contributed by atoms with Crippen molar-refractivity contribution >= 4 is 30.8 Å². The number of rotatable bonds is 4. The third-order valence-corrected chi connectivity index (χ3v) is 5.49. The van der Waals surface area contributed by atoms with E-state index >= 15 is 0 Å². The maximum Gasteiger partial charge on any atom is 0.526 e. The molecule has 3 rings (SSSR count). The molecule has 0 aromatic carbocycles. The number of aromatic nitrogens is 3. The lowest BCUT2D eigenvalue weighted by Gasteiger charge is -2.27. The van der Waals surface area contributed by atoms with Gasteiger partial charge in [0, 0.05) is 12.1 Å². The maximum absolute atomic E-state index is 11.3. The van der Waals surface area contributed by atoms with Gasteiger partial charge in [-0.05, 0) is 6.92 Å². The topological polar surface area (TPSA) is 210 Å². The third-order valence-electron chi connectivity index (χ3n) is 5.00. The predicted octanol–water partition coefficient (Wildman–Crippen LogP) is -0.804. The van der Waals surface area contributed by atoms with Gasteiger partial charge in [-0.15, -0.1) is 0 Å². The smallest absolute Gasteiger partial charge is 0.435 e. The van der Waals surface area contributed by atoms with Gasteiger partial charge in [0.1, 0.15) is 35.6 Å². The first-order chi connectivity index (χ1) is 14.6. The molecule has 0 bridgehead atoms. The second kappa shape index (κ2) is 8.07. The van der Waals surface area contributed by atoms with E-state index in [4.69, 9.17) is 20.3 Å². The van der Waals surface area contributed by atoms with Gasteiger partial charge >= 0.3 is 13.9 Å². The summed E-state index contributed by atoms with van der Waals surface area (Å²) < 4.78 is 21.7. The molecule has 0 aliphatic carbocycles. The van der Waals surface area contributed by atoms with Gasteiger partial charge in [-0.3, -0.25) is 4.52 Å². The molecule has 7 N–H and O–H groups in total. The molecule has 2 aromatic rings. The van der Waals surface area contributed by atoms with E-state index < -0.39 is 49.0 Å². The van der Waals surface area contributed by atoms with Crippen molar-refractivity contribution in [2.75, 3.05) is 26.4 Å². The number of quaternary nitrogens is 1. The Balaban J connectivity index is 2.08. The molecule has 32 heavy (non-hydrogen) atoms. The SMILES string of the molecule is C[C@@]1(O)[C@H](O)[C@@H](COP(=O)(O)O)O[C@H]1n1cc(C#C[N+](C)(C)C(=O)O)c2c(N)ncnc21. The summed E-state index contributed by atoms with van der Waals surface area (Å²) in [6.07, 6.45) is -2.76. The van der Waals surface area contributed by atoms with E-state index in [1.165, 1.54) is 31.8 Å². The van der Waals surface area contributed by atoms with E-state index in [0.717, 1.165) is 6.33 Å². The van der Waals surface area contributed by atoms with Crippen LogP contribution in [0.1, 0.15) is 18.7 Å². The van der Waals surface area contributed by atoms with Crippen LogP contribution >= 0.6 is 7.82 Å². The number of fused-ring (bicyclic) bond motifs is 1. The van der Waals surface area contributed by atoms with Gasteiger partial charge in [-0.2, -0.15) is 9.28 Å². The molecule has 174 valence electrons. The Kier molecular flexibility index (Phi) is 6.07. The third kappa shape index (κ3) is 4.46. The van der Waals surface area contributed by atoms with Gasteiger partial charge < -0.3 is 40.1 Å². The van der Waals surface area contributed by atoms with Crippen molar-refractivity contribution in [1.29, 1.82) is 0 Å². The highest BCUT2D eigenvalue weighted by atomic mass is 31.2. The Bertz CT molecular complexity index is 1160. The summed E-state index contributed by atoms with van der Waals surface area (Å²) in [5.41, 5.74) is 4.46. The molecule has 0 spiro atoms. The molecule has 1 amide bonds. The number of hydrogen-bond acceptors (Lipinski definition) is 9. The second-order valence-electron chi connectivity index (χ2n) is 7.86. The number of aliphatic hydroxyl groups excluding tert-OH is 1. The van der Waals surface area contributed by atoms with Gasteiger partial charge in [0.2, 0.25) is 0 Å². The summed E-state index contributed by atoms with van der Waals surface area (Å²) in [6, 6.07) is 2.58. The van der Waals surface area contributed by atoms with Crippen LogP contribution in [-0.2, 0) is 13.8 Å². The Morgan fingerprint density at radius 1 is 1.44 bits per heavy atom. The molecule has 0 saturated carbocycles. The van der Waals surface area contributed by atoms with Gasteiger partial charge in [0.05, 0.1) is 31.7 Å². The average molecular weight is 472 g/mol. The van der Waals surface area contributed by atoms with E-state index in [9.17, 15) is 24.7 Å². The maximum atomic E-state index is 11.3. The van der Waals surface area contributed by atoms with E-state index in [0.29, 0.717) is 0 Å². The van der Waals surface area contributed by atoms with E-state index in [-0.39, 0.29) is 22.4 Å². The highest BCUT2D eigenvalue weighted by molar-refractivity contribution is 7.46. The van der Waals surface area contributed by atoms with Crippen molar-refractivity contribution in [2.24, 2.45) is 0 Å². The number of carbonyl (C=O) groups is 1. The molecular formula is C17H23N5O9P+. The van der Waals surface area contributed by atoms with Crippen molar-refractivity contribution in [3.8, 4) is 12.0 Å². The zero-order chi connectivity index (χ0) is 24.1. The highest BCUT2D eigenvalue weighted by Gasteiger charge is 2.54. The Hall–Kier alpha value is -2.60. The van der Waals surface area contributed by atoms with E-state index in [1.807, 2.05) is 0 Å². The number of carboxylic acid groups (broad SMARTS) is 1. The summed E-state index contributed by atoms with van der Waals surface area (Å²) in [6.45, 7) is 0.581. The fourth-order valence-corrected chi connectivity index (χ4v) is 3.52. The number of ether oxygens (including phenoxy) is 1. The van der Waals surface area contributed by atoms with E-state index in [2.05, 4.69) is 26.5 Å². The van der Waals surface area contributed by atoms with Crippen molar-refractivity contribution in [3.63, 3.8) is 0 Å². The molecular weight excluding hydrogens is 449 g/mol. The zero-order valence-corrected chi connectivity index (χ0v) is 18.2. The van der Waals surface area contributed by atoms with Crippen LogP contribution < -0.4 is 5.73 Å². The fraction of sp³-hybridized carbons (Fsp3) is 0.471. The normalized spacial score (nSPS) is 26.2. The molecule has 2 aromatic heterocycles. The van der Waals surface area contributed by atoms with Crippen molar-refractivity contribution in [2.45, 2.75) is 31.0 Å². The number of phosphoric acid groups is 1. The number of nitrogens with zero attached hydrogens (tertiary/aromatic N) is 4. The van der Waals surface area contributed by atoms with Crippen molar-refractivity contribution in [1.82, 2.24) is 14.5 Å². The summed E-state index contributed by atoms with van der Waals surface area (Å²) >= 11 is 0. The predicted molar refractivity (Wildman–Crippen MR) is 107 cm³/mol. The first-order valence-corrected chi connectivity index (χ1v) is 10.7. The molecule has 4 atom stereocenters. The van der Waals surface area contributed by atoms with E-state index in [1.54, 1.807) is 0 Å². The number of amides is 1. The van der Waals surface area contributed by atoms with Crippen LogP contribution in [0.25, 0.3) is 11.0 Å². The monoisotopic (exact) mass is 472 g/mol. The van der Waals surface area contributed by atoms with Crippen molar-refractivity contribution < 1.29 is 48.2 Å². The minimum Gasteiger partial charge on any atom is -0.435 e. The standard InChI is InChI=1S/C17H22N5O9P/c1-17(26)12(23)10(7-30-32(27,28)29)31-15(17)21-6-9(4-5-22(2,3)16(24)25)11-13(18)19-8-20-14(11)21/h6,8,10,12,15,23,26H,7H2,1-3H3,(H4-,18,19,20,24,25,27,28,29)/p+1/t10-,12-,15-,17-/m1/s1. The van der Waals surface area contributed by atoms with Crippen LogP contribution in [0.15, 0.2) is 12.5 Å². The van der Waals surface area contributed by atoms with Crippen LogP contribution in [0.3, 0.4) is 0 Å². The fourth-order valence-electron chi connectivity index (χ4n) is 3.18. The molecule has 0 radical (unpaired) electrons. The summed E-state index contributed by atoms with van der Waals surface area (Å²) in [5.74, 6) is 2.76. The summed E-state index contributed by atoms with van der Waals surface area (Å²) in [5, 5.41) is 30.9. The molecule has 0 unspecified atom stereocenters. The molecule has 1 aliphatic rings. The first kappa shape index (κ1) is 24.1.